The van der Waals surface area contributed by atoms with Crippen LogP contribution in [0.25, 0.3) is 0 Å². The predicted molar refractivity (Wildman–Crippen MR) is 63.7 cm³/mol. The third-order valence-electron chi connectivity index (χ3n) is 2.02. The summed E-state index contributed by atoms with van der Waals surface area (Å²) >= 11 is 0. The Labute approximate surface area is 97.1 Å². The topological polar surface area (TPSA) is 55.7 Å². The van der Waals surface area contributed by atoms with E-state index in [0.717, 1.165) is 0 Å². The van der Waals surface area contributed by atoms with Crippen LogP contribution in [-0.2, 0) is 14.3 Å². The lowest BCUT2D eigenvalue weighted by Gasteiger charge is -2.16. The van der Waals surface area contributed by atoms with Gasteiger partial charge >= 0.3 is 5.97 Å². The fraction of sp³-hybridized carbons (Fsp3) is 0.750. The van der Waals surface area contributed by atoms with Crippen LogP contribution in [0.5, 0.6) is 0 Å². The molecule has 0 unspecified atom stereocenters. The normalized spacial score (nSPS) is 12.4. The molecule has 0 N–H and O–H groups in total. The first-order valence-electron chi connectivity index (χ1n) is 5.56. The second-order valence-corrected chi connectivity index (χ2v) is 4.49. The summed E-state index contributed by atoms with van der Waals surface area (Å²) in [6.07, 6.45) is 0.0518. The summed E-state index contributed by atoms with van der Waals surface area (Å²) in [5, 5.41) is 0. The van der Waals surface area contributed by atoms with E-state index in [4.69, 9.17) is 4.74 Å². The quantitative estimate of drug-likeness (QED) is 0.533. The summed E-state index contributed by atoms with van der Waals surface area (Å²) in [4.78, 5) is 27.3. The Balaban J connectivity index is 4.66. The van der Waals surface area contributed by atoms with E-state index in [1.807, 2.05) is 27.7 Å². The SMILES string of the molecule is CC/N=C(/CC(=O)C(C)(C)C)C(=O)OCC. The molecule has 0 aliphatic carbocycles. The lowest BCUT2D eigenvalue weighted by atomic mass is 9.88. The first-order chi connectivity index (χ1) is 7.32. The third-order valence-corrected chi connectivity index (χ3v) is 2.02. The highest BCUT2D eigenvalue weighted by atomic mass is 16.5. The lowest BCUT2D eigenvalue weighted by molar-refractivity contribution is -0.136. The minimum absolute atomic E-state index is 0.00671. The van der Waals surface area contributed by atoms with E-state index < -0.39 is 11.4 Å². The molecular formula is C12H21NO3. The zero-order valence-corrected chi connectivity index (χ0v) is 10.8. The van der Waals surface area contributed by atoms with Crippen molar-refractivity contribution in [2.75, 3.05) is 13.2 Å². The molecule has 92 valence electrons. The van der Waals surface area contributed by atoms with Gasteiger partial charge in [0, 0.05) is 12.0 Å². The third kappa shape index (κ3) is 5.05. The van der Waals surface area contributed by atoms with Gasteiger partial charge in [0.1, 0.15) is 11.5 Å². The Kier molecular flexibility index (Phi) is 5.93. The molecule has 0 saturated carbocycles. The van der Waals surface area contributed by atoms with Crippen molar-refractivity contribution in [2.24, 2.45) is 10.4 Å². The van der Waals surface area contributed by atoms with Crippen LogP contribution in [-0.4, -0.2) is 30.6 Å². The Morgan fingerprint density at radius 3 is 2.12 bits per heavy atom. The van der Waals surface area contributed by atoms with Crippen LogP contribution in [0.15, 0.2) is 4.99 Å². The van der Waals surface area contributed by atoms with Crippen LogP contribution < -0.4 is 0 Å². The van der Waals surface area contributed by atoms with E-state index >= 15 is 0 Å². The molecule has 0 aromatic rings. The van der Waals surface area contributed by atoms with Crippen LogP contribution in [0.2, 0.25) is 0 Å². The summed E-state index contributed by atoms with van der Waals surface area (Å²) < 4.78 is 4.85. The van der Waals surface area contributed by atoms with Gasteiger partial charge in [-0.05, 0) is 13.8 Å². The summed E-state index contributed by atoms with van der Waals surface area (Å²) in [5.41, 5.74) is -0.231. The van der Waals surface area contributed by atoms with E-state index in [1.165, 1.54) is 0 Å². The average Bonchev–Trinajstić information content (AvgIpc) is 2.15. The highest BCUT2D eigenvalue weighted by Crippen LogP contribution is 2.17. The van der Waals surface area contributed by atoms with Crippen molar-refractivity contribution in [1.82, 2.24) is 0 Å². The molecule has 0 aromatic carbocycles. The maximum atomic E-state index is 11.8. The van der Waals surface area contributed by atoms with Crippen molar-refractivity contribution in [3.63, 3.8) is 0 Å². The molecule has 16 heavy (non-hydrogen) atoms. The molecule has 0 amide bonds. The largest absolute Gasteiger partial charge is 0.462 e. The van der Waals surface area contributed by atoms with Gasteiger partial charge in [-0.1, -0.05) is 20.8 Å². The molecule has 0 atom stereocenters. The van der Waals surface area contributed by atoms with Gasteiger partial charge in [-0.2, -0.15) is 0 Å². The molecule has 4 heteroatoms. The number of esters is 1. The van der Waals surface area contributed by atoms with Crippen molar-refractivity contribution in [3.8, 4) is 0 Å². The van der Waals surface area contributed by atoms with E-state index in [9.17, 15) is 9.59 Å². The minimum atomic E-state index is -0.484. The van der Waals surface area contributed by atoms with Crippen molar-refractivity contribution in [2.45, 2.75) is 41.0 Å². The van der Waals surface area contributed by atoms with Gasteiger partial charge < -0.3 is 4.74 Å². The van der Waals surface area contributed by atoms with Crippen molar-refractivity contribution in [1.29, 1.82) is 0 Å². The summed E-state index contributed by atoms with van der Waals surface area (Å²) in [7, 11) is 0. The fourth-order valence-corrected chi connectivity index (χ4v) is 1.02. The van der Waals surface area contributed by atoms with E-state index in [-0.39, 0.29) is 17.9 Å². The molecule has 0 rings (SSSR count). The number of ether oxygens (including phenoxy) is 1. The predicted octanol–water partition coefficient (Wildman–Crippen LogP) is 2.02. The summed E-state index contributed by atoms with van der Waals surface area (Å²) in [6.45, 7) is 9.79. The number of carbonyl (C=O) groups is 2. The number of hydrogen-bond acceptors (Lipinski definition) is 4. The van der Waals surface area contributed by atoms with Gasteiger partial charge in [0.2, 0.25) is 0 Å². The van der Waals surface area contributed by atoms with Gasteiger partial charge in [0.25, 0.3) is 0 Å². The Morgan fingerprint density at radius 2 is 1.75 bits per heavy atom. The number of aliphatic imine (C=N–C) groups is 1. The fourth-order valence-electron chi connectivity index (χ4n) is 1.02. The zero-order chi connectivity index (χ0) is 12.8. The highest BCUT2D eigenvalue weighted by Gasteiger charge is 2.25. The molecule has 0 aliphatic rings. The average molecular weight is 227 g/mol. The molecule has 0 aliphatic heterocycles. The molecule has 0 heterocycles. The van der Waals surface area contributed by atoms with Crippen LogP contribution >= 0.6 is 0 Å². The highest BCUT2D eigenvalue weighted by molar-refractivity contribution is 6.40. The van der Waals surface area contributed by atoms with Crippen LogP contribution in [0.4, 0.5) is 0 Å². The summed E-state index contributed by atoms with van der Waals surface area (Å²) in [5.74, 6) is -0.491. The van der Waals surface area contributed by atoms with Crippen LogP contribution in [0, 0.1) is 5.41 Å². The molecule has 0 saturated heterocycles. The second kappa shape index (κ2) is 6.40. The number of carbonyl (C=O) groups excluding carboxylic acids is 2. The smallest absolute Gasteiger partial charge is 0.352 e. The first kappa shape index (κ1) is 14.8. The molecule has 0 aromatic heterocycles. The second-order valence-electron chi connectivity index (χ2n) is 4.49. The van der Waals surface area contributed by atoms with E-state index in [1.54, 1.807) is 6.92 Å². The van der Waals surface area contributed by atoms with Crippen LogP contribution in [0.3, 0.4) is 0 Å². The van der Waals surface area contributed by atoms with E-state index in [0.29, 0.717) is 13.2 Å². The van der Waals surface area contributed by atoms with Gasteiger partial charge in [-0.25, -0.2) is 4.79 Å². The molecular weight excluding hydrogens is 206 g/mol. The van der Waals surface area contributed by atoms with Crippen molar-refractivity contribution in [3.05, 3.63) is 0 Å². The number of Topliss-reactive ketones (excluding diaryl/α,β-unsaturated/α-hetero) is 1. The van der Waals surface area contributed by atoms with Gasteiger partial charge in [0.15, 0.2) is 0 Å². The Bertz CT molecular complexity index is 287. The maximum Gasteiger partial charge on any atom is 0.352 e. The standard InChI is InChI=1S/C12H21NO3/c1-6-13-9(11(15)16-7-2)8-10(14)12(3,4)5/h6-8H2,1-5H3/b13-9-. The Morgan fingerprint density at radius 1 is 1.19 bits per heavy atom. The van der Waals surface area contributed by atoms with Gasteiger partial charge in [-0.15, -0.1) is 0 Å². The minimum Gasteiger partial charge on any atom is -0.462 e. The Hall–Kier alpha value is -1.19. The van der Waals surface area contributed by atoms with Crippen molar-refractivity contribution >= 4 is 17.5 Å². The number of hydrogen-bond donors (Lipinski definition) is 0. The number of nitrogens with zero attached hydrogens (tertiary/aromatic N) is 1. The lowest BCUT2D eigenvalue weighted by Crippen LogP contribution is -2.28. The molecule has 0 spiro atoms. The monoisotopic (exact) mass is 227 g/mol. The van der Waals surface area contributed by atoms with Gasteiger partial charge in [-0.3, -0.25) is 9.79 Å². The number of rotatable bonds is 5. The number of ketones is 1. The van der Waals surface area contributed by atoms with Gasteiger partial charge in [0.05, 0.1) is 13.0 Å². The molecule has 0 radical (unpaired) electrons. The summed E-state index contributed by atoms with van der Waals surface area (Å²) in [6, 6.07) is 0. The van der Waals surface area contributed by atoms with Crippen molar-refractivity contribution < 1.29 is 14.3 Å². The first-order valence-corrected chi connectivity index (χ1v) is 5.56. The van der Waals surface area contributed by atoms with Crippen LogP contribution in [0.1, 0.15) is 41.0 Å². The molecule has 0 fully saturated rings. The van der Waals surface area contributed by atoms with E-state index in [2.05, 4.69) is 4.99 Å². The molecule has 4 nitrogen and oxygen atoms in total. The maximum absolute atomic E-state index is 11.8. The molecule has 0 bridgehead atoms. The zero-order valence-electron chi connectivity index (χ0n) is 10.8.